The van der Waals surface area contributed by atoms with Crippen LogP contribution in [0.3, 0.4) is 0 Å². The van der Waals surface area contributed by atoms with Crippen LogP contribution in [0, 0.1) is 0 Å². The lowest BCUT2D eigenvalue weighted by Gasteiger charge is -2.19. The summed E-state index contributed by atoms with van der Waals surface area (Å²) in [5.74, 6) is 1.33. The van der Waals surface area contributed by atoms with Crippen LogP contribution in [0.2, 0.25) is 0 Å². The molecule has 2 aromatic carbocycles. The van der Waals surface area contributed by atoms with Crippen molar-refractivity contribution in [1.82, 2.24) is 10.3 Å². The third kappa shape index (κ3) is 3.64. The second-order valence-electron chi connectivity index (χ2n) is 6.64. The first-order valence-electron chi connectivity index (χ1n) is 9.24. The molecule has 142 valence electrons. The molecule has 2 aromatic heterocycles. The van der Waals surface area contributed by atoms with Gasteiger partial charge in [-0.25, -0.2) is 0 Å². The Morgan fingerprint density at radius 1 is 1.07 bits per heavy atom. The number of hydrogen-bond donors (Lipinski definition) is 2. The molecule has 1 amide bonds. The molecule has 0 aliphatic carbocycles. The molecule has 4 aromatic rings. The van der Waals surface area contributed by atoms with Gasteiger partial charge in [0.1, 0.15) is 11.5 Å². The normalized spacial score (nSPS) is 12.0. The summed E-state index contributed by atoms with van der Waals surface area (Å²) in [4.78, 5) is 16.1. The van der Waals surface area contributed by atoms with E-state index in [1.165, 1.54) is 0 Å². The van der Waals surface area contributed by atoms with E-state index in [0.29, 0.717) is 13.0 Å². The van der Waals surface area contributed by atoms with Crippen molar-refractivity contribution in [3.8, 4) is 5.75 Å². The Kier molecular flexibility index (Phi) is 5.15. The molecule has 0 bridgehead atoms. The summed E-state index contributed by atoms with van der Waals surface area (Å²) in [7, 11) is 1.65. The Morgan fingerprint density at radius 2 is 1.89 bits per heavy atom. The predicted octanol–water partition coefficient (Wildman–Crippen LogP) is 4.61. The Balaban J connectivity index is 1.66. The molecule has 1 atom stereocenters. The van der Waals surface area contributed by atoms with Gasteiger partial charge in [-0.05, 0) is 29.8 Å². The van der Waals surface area contributed by atoms with Crippen LogP contribution in [0.4, 0.5) is 0 Å². The van der Waals surface area contributed by atoms with Crippen molar-refractivity contribution < 1.29 is 13.9 Å². The zero-order valence-electron chi connectivity index (χ0n) is 15.6. The maximum absolute atomic E-state index is 12.7. The summed E-state index contributed by atoms with van der Waals surface area (Å²) in [6.45, 7) is 0.373. The number of benzene rings is 2. The van der Waals surface area contributed by atoms with E-state index in [0.717, 1.165) is 33.5 Å². The van der Waals surface area contributed by atoms with Gasteiger partial charge in [-0.2, -0.15) is 0 Å². The molecular formula is C23H22N2O3. The lowest BCUT2D eigenvalue weighted by atomic mass is 9.87. The maximum atomic E-state index is 12.7. The Labute approximate surface area is 163 Å². The standard InChI is InChI=1S/C23H22N2O3/c1-27-22-11-5-3-9-18(22)19(13-23(26)25-14-16-7-6-12-28-16)20-15-24-21-10-4-2-8-17(20)21/h2-12,15,19,24H,13-14H2,1H3,(H,25,26). The fraction of sp³-hybridized carbons (Fsp3) is 0.174. The van der Waals surface area contributed by atoms with Gasteiger partial charge in [0, 0.05) is 35.0 Å². The highest BCUT2D eigenvalue weighted by molar-refractivity contribution is 5.86. The highest BCUT2D eigenvalue weighted by Crippen LogP contribution is 2.37. The predicted molar refractivity (Wildman–Crippen MR) is 108 cm³/mol. The van der Waals surface area contributed by atoms with E-state index in [9.17, 15) is 4.79 Å². The van der Waals surface area contributed by atoms with Crippen molar-refractivity contribution in [1.29, 1.82) is 0 Å². The van der Waals surface area contributed by atoms with Crippen LogP contribution in [0.1, 0.15) is 29.2 Å². The first-order chi connectivity index (χ1) is 13.8. The van der Waals surface area contributed by atoms with Crippen LogP contribution in [0.15, 0.2) is 77.5 Å². The molecule has 1 unspecified atom stereocenters. The van der Waals surface area contributed by atoms with Crippen LogP contribution in [0.25, 0.3) is 10.9 Å². The number of aromatic amines is 1. The molecule has 0 fully saturated rings. The molecule has 2 heterocycles. The van der Waals surface area contributed by atoms with E-state index in [-0.39, 0.29) is 11.8 Å². The zero-order chi connectivity index (χ0) is 19.3. The molecule has 5 heteroatoms. The number of methoxy groups -OCH3 is 1. The molecule has 2 N–H and O–H groups in total. The number of hydrogen-bond acceptors (Lipinski definition) is 3. The Bertz CT molecular complexity index is 1070. The van der Waals surface area contributed by atoms with E-state index in [4.69, 9.17) is 9.15 Å². The number of furan rings is 1. The van der Waals surface area contributed by atoms with Crippen molar-refractivity contribution in [2.75, 3.05) is 7.11 Å². The van der Waals surface area contributed by atoms with E-state index in [1.54, 1.807) is 13.4 Å². The zero-order valence-corrected chi connectivity index (χ0v) is 15.6. The summed E-state index contributed by atoms with van der Waals surface area (Å²) in [5.41, 5.74) is 3.12. The molecule has 0 saturated heterocycles. The van der Waals surface area contributed by atoms with Crippen molar-refractivity contribution >= 4 is 16.8 Å². The van der Waals surface area contributed by atoms with E-state index in [2.05, 4.69) is 16.4 Å². The monoisotopic (exact) mass is 374 g/mol. The summed E-state index contributed by atoms with van der Waals surface area (Å²) >= 11 is 0. The average molecular weight is 374 g/mol. The topological polar surface area (TPSA) is 67.3 Å². The number of nitrogens with one attached hydrogen (secondary N) is 2. The lowest BCUT2D eigenvalue weighted by molar-refractivity contribution is -0.121. The minimum Gasteiger partial charge on any atom is -0.496 e. The summed E-state index contributed by atoms with van der Waals surface area (Å²) in [6.07, 6.45) is 3.90. The fourth-order valence-corrected chi connectivity index (χ4v) is 3.58. The highest BCUT2D eigenvalue weighted by atomic mass is 16.5. The molecule has 0 radical (unpaired) electrons. The molecule has 0 aliphatic rings. The SMILES string of the molecule is COc1ccccc1C(CC(=O)NCc1ccco1)c1c[nH]c2ccccc12. The van der Waals surface area contributed by atoms with Gasteiger partial charge in [-0.3, -0.25) is 4.79 Å². The van der Waals surface area contributed by atoms with Crippen LogP contribution in [-0.4, -0.2) is 18.0 Å². The second kappa shape index (κ2) is 8.05. The van der Waals surface area contributed by atoms with Crippen LogP contribution in [0.5, 0.6) is 5.75 Å². The molecule has 0 aliphatic heterocycles. The van der Waals surface area contributed by atoms with Crippen molar-refractivity contribution in [2.24, 2.45) is 0 Å². The molecule has 5 nitrogen and oxygen atoms in total. The number of carbonyl (C=O) groups excluding carboxylic acids is 1. The average Bonchev–Trinajstić information content (AvgIpc) is 3.40. The molecule has 0 saturated carbocycles. The molecular weight excluding hydrogens is 352 g/mol. The van der Waals surface area contributed by atoms with Gasteiger partial charge in [-0.1, -0.05) is 36.4 Å². The quantitative estimate of drug-likeness (QED) is 0.496. The number of aromatic nitrogens is 1. The Hall–Kier alpha value is -3.47. The smallest absolute Gasteiger partial charge is 0.221 e. The number of fused-ring (bicyclic) bond motifs is 1. The van der Waals surface area contributed by atoms with Gasteiger partial charge in [0.15, 0.2) is 0 Å². The van der Waals surface area contributed by atoms with Crippen molar-refractivity contribution in [3.63, 3.8) is 0 Å². The van der Waals surface area contributed by atoms with Crippen molar-refractivity contribution in [2.45, 2.75) is 18.9 Å². The third-order valence-corrected chi connectivity index (χ3v) is 4.94. The second-order valence-corrected chi connectivity index (χ2v) is 6.64. The van der Waals surface area contributed by atoms with Crippen LogP contribution >= 0.6 is 0 Å². The lowest BCUT2D eigenvalue weighted by Crippen LogP contribution is -2.24. The van der Waals surface area contributed by atoms with Gasteiger partial charge in [0.2, 0.25) is 5.91 Å². The van der Waals surface area contributed by atoms with E-state index < -0.39 is 0 Å². The van der Waals surface area contributed by atoms with Crippen molar-refractivity contribution in [3.05, 3.63) is 90.0 Å². The number of rotatable bonds is 7. The van der Waals surface area contributed by atoms with E-state index in [1.807, 2.05) is 60.8 Å². The highest BCUT2D eigenvalue weighted by Gasteiger charge is 2.24. The Morgan fingerprint density at radius 3 is 2.71 bits per heavy atom. The minimum atomic E-state index is -0.135. The van der Waals surface area contributed by atoms with Gasteiger partial charge in [-0.15, -0.1) is 0 Å². The largest absolute Gasteiger partial charge is 0.496 e. The number of carbonyl (C=O) groups is 1. The van der Waals surface area contributed by atoms with E-state index >= 15 is 0 Å². The number of amides is 1. The first kappa shape index (κ1) is 17.9. The molecule has 0 spiro atoms. The summed E-state index contributed by atoms with van der Waals surface area (Å²) in [6, 6.07) is 19.6. The fourth-order valence-electron chi connectivity index (χ4n) is 3.58. The number of H-pyrrole nitrogens is 1. The maximum Gasteiger partial charge on any atom is 0.221 e. The number of para-hydroxylation sites is 2. The number of ether oxygens (including phenoxy) is 1. The minimum absolute atomic E-state index is 0.0439. The summed E-state index contributed by atoms with van der Waals surface area (Å²) in [5, 5.41) is 4.06. The molecule has 4 rings (SSSR count). The first-order valence-corrected chi connectivity index (χ1v) is 9.24. The summed E-state index contributed by atoms with van der Waals surface area (Å²) < 4.78 is 10.9. The van der Waals surface area contributed by atoms with Gasteiger partial charge in [0.05, 0.1) is 19.9 Å². The van der Waals surface area contributed by atoms with Gasteiger partial charge < -0.3 is 19.5 Å². The van der Waals surface area contributed by atoms with Gasteiger partial charge in [0.25, 0.3) is 0 Å². The third-order valence-electron chi connectivity index (χ3n) is 4.94. The molecule has 28 heavy (non-hydrogen) atoms. The van der Waals surface area contributed by atoms with Crippen LogP contribution < -0.4 is 10.1 Å². The van der Waals surface area contributed by atoms with Crippen LogP contribution in [-0.2, 0) is 11.3 Å². The van der Waals surface area contributed by atoms with Gasteiger partial charge >= 0.3 is 0 Å².